The van der Waals surface area contributed by atoms with Crippen molar-refractivity contribution in [3.8, 4) is 0 Å². The number of nitrogen functional groups attached to an aromatic ring is 2. The summed E-state index contributed by atoms with van der Waals surface area (Å²) in [4.78, 5) is 12.7. The average Bonchev–Trinajstić information content (AvgIpc) is 2.17. The van der Waals surface area contributed by atoms with E-state index >= 15 is 0 Å². The fourth-order valence-corrected chi connectivity index (χ4v) is 1.62. The van der Waals surface area contributed by atoms with Crippen LogP contribution in [0, 0.1) is 0 Å². The molecule has 2 rings (SSSR count). The molecule has 2 heterocycles. The van der Waals surface area contributed by atoms with E-state index in [-0.39, 0.29) is 0 Å². The number of rotatable bonds is 1. The maximum absolute atomic E-state index is 5.63. The Morgan fingerprint density at radius 1 is 1.07 bits per heavy atom. The SMILES string of the molecule is CN1CCN(c2nc(N)cc(N)n2)CC1. The fourth-order valence-electron chi connectivity index (χ4n) is 1.62. The minimum absolute atomic E-state index is 0.427. The van der Waals surface area contributed by atoms with E-state index in [1.54, 1.807) is 6.07 Å². The molecule has 1 aromatic heterocycles. The normalized spacial score (nSPS) is 18.1. The third kappa shape index (κ3) is 2.27. The van der Waals surface area contributed by atoms with Crippen LogP contribution in [0.1, 0.15) is 0 Å². The van der Waals surface area contributed by atoms with Gasteiger partial charge in [0.2, 0.25) is 5.95 Å². The van der Waals surface area contributed by atoms with Crippen LogP contribution in [0.25, 0.3) is 0 Å². The summed E-state index contributed by atoms with van der Waals surface area (Å²) in [6, 6.07) is 1.57. The fraction of sp³-hybridized carbons (Fsp3) is 0.556. The van der Waals surface area contributed by atoms with Crippen molar-refractivity contribution in [1.82, 2.24) is 14.9 Å². The van der Waals surface area contributed by atoms with E-state index in [0.29, 0.717) is 17.6 Å². The van der Waals surface area contributed by atoms with Gasteiger partial charge >= 0.3 is 0 Å². The van der Waals surface area contributed by atoms with Gasteiger partial charge in [-0.1, -0.05) is 0 Å². The number of hydrogen-bond acceptors (Lipinski definition) is 6. The van der Waals surface area contributed by atoms with Gasteiger partial charge in [-0.05, 0) is 7.05 Å². The average molecular weight is 208 g/mol. The number of anilines is 3. The molecule has 1 saturated heterocycles. The van der Waals surface area contributed by atoms with Gasteiger partial charge in [-0.25, -0.2) is 0 Å². The molecule has 1 fully saturated rings. The molecule has 0 amide bonds. The quantitative estimate of drug-likeness (QED) is 0.640. The Kier molecular flexibility index (Phi) is 2.59. The largest absolute Gasteiger partial charge is 0.383 e. The highest BCUT2D eigenvalue weighted by atomic mass is 15.3. The summed E-state index contributed by atoms with van der Waals surface area (Å²) in [6.07, 6.45) is 0. The Morgan fingerprint density at radius 2 is 1.60 bits per heavy atom. The molecule has 82 valence electrons. The minimum Gasteiger partial charge on any atom is -0.383 e. The Balaban J connectivity index is 2.15. The third-order valence-electron chi connectivity index (χ3n) is 2.54. The highest BCUT2D eigenvalue weighted by Crippen LogP contribution is 2.14. The Labute approximate surface area is 88.9 Å². The summed E-state index contributed by atoms with van der Waals surface area (Å²) in [7, 11) is 2.10. The predicted octanol–water partition coefficient (Wildman–Crippen LogP) is -0.607. The Bertz CT molecular complexity index is 324. The zero-order chi connectivity index (χ0) is 10.8. The van der Waals surface area contributed by atoms with Crippen LogP contribution < -0.4 is 16.4 Å². The summed E-state index contributed by atoms with van der Waals surface area (Å²) in [6.45, 7) is 3.86. The van der Waals surface area contributed by atoms with Crippen molar-refractivity contribution in [2.24, 2.45) is 0 Å². The van der Waals surface area contributed by atoms with Gasteiger partial charge in [0.05, 0.1) is 0 Å². The topological polar surface area (TPSA) is 84.3 Å². The van der Waals surface area contributed by atoms with E-state index in [1.165, 1.54) is 0 Å². The molecule has 0 radical (unpaired) electrons. The number of likely N-dealkylation sites (N-methyl/N-ethyl adjacent to an activating group) is 1. The molecule has 0 spiro atoms. The van der Waals surface area contributed by atoms with Crippen LogP contribution in [0.2, 0.25) is 0 Å². The number of aromatic nitrogens is 2. The molecule has 0 bridgehead atoms. The van der Waals surface area contributed by atoms with Gasteiger partial charge in [-0.3, -0.25) is 0 Å². The first kappa shape index (κ1) is 9.97. The van der Waals surface area contributed by atoms with Crippen LogP contribution in [0.4, 0.5) is 17.6 Å². The molecule has 1 aliphatic rings. The maximum Gasteiger partial charge on any atom is 0.229 e. The van der Waals surface area contributed by atoms with Crippen LogP contribution >= 0.6 is 0 Å². The molecule has 15 heavy (non-hydrogen) atoms. The van der Waals surface area contributed by atoms with Gasteiger partial charge in [0.1, 0.15) is 11.6 Å². The van der Waals surface area contributed by atoms with Gasteiger partial charge < -0.3 is 21.3 Å². The lowest BCUT2D eigenvalue weighted by molar-refractivity contribution is 0.311. The van der Waals surface area contributed by atoms with Gasteiger partial charge in [0.15, 0.2) is 0 Å². The van der Waals surface area contributed by atoms with E-state index in [4.69, 9.17) is 11.5 Å². The molecular weight excluding hydrogens is 192 g/mol. The molecule has 6 nitrogen and oxygen atoms in total. The lowest BCUT2D eigenvalue weighted by atomic mass is 10.3. The number of nitrogens with zero attached hydrogens (tertiary/aromatic N) is 4. The lowest BCUT2D eigenvalue weighted by Crippen LogP contribution is -2.45. The van der Waals surface area contributed by atoms with Gasteiger partial charge in [0.25, 0.3) is 0 Å². The predicted molar refractivity (Wildman–Crippen MR) is 60.6 cm³/mol. The first-order chi connectivity index (χ1) is 7.15. The van der Waals surface area contributed by atoms with Crippen molar-refractivity contribution in [1.29, 1.82) is 0 Å². The second kappa shape index (κ2) is 3.90. The van der Waals surface area contributed by atoms with Crippen molar-refractivity contribution in [2.45, 2.75) is 0 Å². The summed E-state index contributed by atoms with van der Waals surface area (Å²) < 4.78 is 0. The summed E-state index contributed by atoms with van der Waals surface area (Å²) >= 11 is 0. The first-order valence-corrected chi connectivity index (χ1v) is 4.98. The monoisotopic (exact) mass is 208 g/mol. The van der Waals surface area contributed by atoms with Crippen molar-refractivity contribution in [3.05, 3.63) is 6.07 Å². The van der Waals surface area contributed by atoms with Gasteiger partial charge in [-0.15, -0.1) is 0 Å². The Morgan fingerprint density at radius 3 is 2.13 bits per heavy atom. The summed E-state index contributed by atoms with van der Waals surface area (Å²) in [5.74, 6) is 1.49. The van der Waals surface area contributed by atoms with Crippen LogP contribution in [0.5, 0.6) is 0 Å². The molecule has 0 saturated carbocycles. The minimum atomic E-state index is 0.427. The van der Waals surface area contributed by atoms with Crippen LogP contribution in [0.15, 0.2) is 6.07 Å². The number of hydrogen-bond donors (Lipinski definition) is 2. The zero-order valence-electron chi connectivity index (χ0n) is 8.85. The number of nitrogens with two attached hydrogens (primary N) is 2. The van der Waals surface area contributed by atoms with Crippen molar-refractivity contribution >= 4 is 17.6 Å². The van der Waals surface area contributed by atoms with E-state index in [1.807, 2.05) is 0 Å². The van der Waals surface area contributed by atoms with Crippen LogP contribution in [-0.4, -0.2) is 48.1 Å². The smallest absolute Gasteiger partial charge is 0.229 e. The van der Waals surface area contributed by atoms with Crippen molar-refractivity contribution in [3.63, 3.8) is 0 Å². The third-order valence-corrected chi connectivity index (χ3v) is 2.54. The highest BCUT2D eigenvalue weighted by Gasteiger charge is 2.16. The van der Waals surface area contributed by atoms with E-state index in [0.717, 1.165) is 26.2 Å². The van der Waals surface area contributed by atoms with Crippen molar-refractivity contribution in [2.75, 3.05) is 49.6 Å². The second-order valence-corrected chi connectivity index (χ2v) is 3.81. The highest BCUT2D eigenvalue weighted by molar-refractivity contribution is 5.48. The Hall–Kier alpha value is -1.56. The zero-order valence-corrected chi connectivity index (χ0v) is 8.85. The van der Waals surface area contributed by atoms with E-state index < -0.39 is 0 Å². The molecule has 0 unspecified atom stereocenters. The molecule has 6 heteroatoms. The summed E-state index contributed by atoms with van der Waals surface area (Å²) in [5, 5.41) is 0. The molecular formula is C9H16N6. The van der Waals surface area contributed by atoms with Crippen molar-refractivity contribution < 1.29 is 0 Å². The van der Waals surface area contributed by atoms with E-state index in [9.17, 15) is 0 Å². The number of piperazine rings is 1. The van der Waals surface area contributed by atoms with Crippen LogP contribution in [0.3, 0.4) is 0 Å². The first-order valence-electron chi connectivity index (χ1n) is 4.98. The summed E-state index contributed by atoms with van der Waals surface area (Å²) in [5.41, 5.74) is 11.3. The maximum atomic E-state index is 5.63. The molecule has 4 N–H and O–H groups in total. The van der Waals surface area contributed by atoms with E-state index in [2.05, 4.69) is 26.8 Å². The molecule has 0 aliphatic carbocycles. The van der Waals surface area contributed by atoms with Gasteiger partial charge in [-0.2, -0.15) is 9.97 Å². The molecule has 1 aromatic rings. The molecule has 1 aliphatic heterocycles. The molecule has 0 aromatic carbocycles. The van der Waals surface area contributed by atoms with Crippen LogP contribution in [-0.2, 0) is 0 Å². The lowest BCUT2D eigenvalue weighted by Gasteiger charge is -2.32. The second-order valence-electron chi connectivity index (χ2n) is 3.81. The standard InChI is InChI=1S/C9H16N6/c1-14-2-4-15(5-3-14)9-12-7(10)6-8(11)13-9/h6H,2-5H2,1H3,(H4,10,11,12,13). The molecule has 0 atom stereocenters. The van der Waals surface area contributed by atoms with Gasteiger partial charge in [0, 0.05) is 32.2 Å².